The molecule has 0 unspecified atom stereocenters. The van der Waals surface area contributed by atoms with E-state index in [1.807, 2.05) is 0 Å². The summed E-state index contributed by atoms with van der Waals surface area (Å²) < 4.78 is 0. The van der Waals surface area contributed by atoms with Crippen molar-refractivity contribution < 1.29 is 34.8 Å². The predicted octanol–water partition coefficient (Wildman–Crippen LogP) is -0.194. The molecule has 4 aliphatic rings. The van der Waals surface area contributed by atoms with Crippen LogP contribution in [-0.2, 0) is 27.3 Å². The number of piperidine rings is 1. The number of amides is 1. The number of carbonyl (C=O) groups excluding carboxylic acids is 3. The summed E-state index contributed by atoms with van der Waals surface area (Å²) in [6.45, 7) is 2.36. The number of likely N-dealkylation sites (N-methyl/N-ethyl adjacent to an activating group) is 1. The van der Waals surface area contributed by atoms with Gasteiger partial charge < -0.3 is 36.8 Å². The number of primary amides is 1. The minimum Gasteiger partial charge on any atom is -0.508 e. The second-order valence-electron chi connectivity index (χ2n) is 11.0. The highest BCUT2D eigenvalue weighted by Gasteiger charge is 2.64. The highest BCUT2D eigenvalue weighted by atomic mass is 16.3. The van der Waals surface area contributed by atoms with Crippen molar-refractivity contribution in [3.63, 3.8) is 0 Å². The van der Waals surface area contributed by atoms with Gasteiger partial charge in [0.2, 0.25) is 5.78 Å². The Morgan fingerprint density at radius 2 is 1.87 bits per heavy atom. The zero-order chi connectivity index (χ0) is 27.5. The van der Waals surface area contributed by atoms with Crippen LogP contribution in [0.15, 0.2) is 29.0 Å². The maximum atomic E-state index is 13.9. The molecule has 11 heteroatoms. The molecule has 1 aromatic carbocycles. The third-order valence-electron chi connectivity index (χ3n) is 8.62. The van der Waals surface area contributed by atoms with Crippen LogP contribution in [0.1, 0.15) is 36.0 Å². The topological polar surface area (TPSA) is 185 Å². The molecule has 1 amide bonds. The number of nitrogens with two attached hydrogens (primary N) is 1. The Morgan fingerprint density at radius 3 is 2.50 bits per heavy atom. The molecule has 1 heterocycles. The van der Waals surface area contributed by atoms with Gasteiger partial charge in [0.15, 0.2) is 11.4 Å². The van der Waals surface area contributed by atoms with Crippen molar-refractivity contribution in [2.45, 2.75) is 49.9 Å². The van der Waals surface area contributed by atoms with Crippen LogP contribution < -0.4 is 16.4 Å². The fraction of sp³-hybridized carbons (Fsp3) is 0.519. The molecule has 3 aliphatic carbocycles. The fourth-order valence-electron chi connectivity index (χ4n) is 6.75. The van der Waals surface area contributed by atoms with Crippen LogP contribution in [0.5, 0.6) is 5.75 Å². The summed E-state index contributed by atoms with van der Waals surface area (Å²) in [5.41, 5.74) is 3.44. The van der Waals surface area contributed by atoms with Gasteiger partial charge in [-0.3, -0.25) is 19.3 Å². The summed E-state index contributed by atoms with van der Waals surface area (Å²) in [5.74, 6) is -6.46. The molecule has 11 nitrogen and oxygen atoms in total. The SMILES string of the molecule is CN(C)[C@@H]1C(=O)C(C(N)=O)=C(O)[C@@]2(O)C(=O)C3=C(O)c4c(O)ccc(CNC5CCNCC5)c4C[C@H]3C[C@@H]12. The van der Waals surface area contributed by atoms with Crippen molar-refractivity contribution in [1.82, 2.24) is 15.5 Å². The van der Waals surface area contributed by atoms with Crippen LogP contribution in [0.2, 0.25) is 0 Å². The normalized spacial score (nSPS) is 29.8. The van der Waals surface area contributed by atoms with Gasteiger partial charge in [0.1, 0.15) is 22.8 Å². The standard InChI is InChI=1S/C27H34N4O7/c1-31(2)21-16-10-13-9-15-12(11-30-14-5-7-29-8-6-14)3-4-17(32)19(15)22(33)18(13)24(35)27(16,38)25(36)20(23(21)34)26(28)37/h3-4,13-14,16,21,29-30,32-33,36,38H,5-11H2,1-2H3,(H2,28,37)/t13-,16-,21-,27-/m0/s1. The number of aliphatic hydroxyl groups is 3. The number of aromatic hydroxyl groups is 1. The summed E-state index contributed by atoms with van der Waals surface area (Å²) in [7, 11) is 3.16. The van der Waals surface area contributed by atoms with E-state index < -0.39 is 58.0 Å². The lowest BCUT2D eigenvalue weighted by molar-refractivity contribution is -0.153. The molecular weight excluding hydrogens is 492 g/mol. The molecule has 0 spiro atoms. The lowest BCUT2D eigenvalue weighted by Crippen LogP contribution is -2.65. The van der Waals surface area contributed by atoms with Gasteiger partial charge in [0, 0.05) is 24.1 Å². The molecule has 38 heavy (non-hydrogen) atoms. The molecule has 0 bridgehead atoms. The van der Waals surface area contributed by atoms with Crippen LogP contribution in [0.3, 0.4) is 0 Å². The Balaban J connectivity index is 1.60. The molecule has 0 aromatic heterocycles. The first-order valence-electron chi connectivity index (χ1n) is 12.9. The Hall–Kier alpha value is -3.25. The summed E-state index contributed by atoms with van der Waals surface area (Å²) in [5, 5.41) is 51.5. The minimum atomic E-state index is -2.63. The van der Waals surface area contributed by atoms with Crippen LogP contribution in [0, 0.1) is 11.8 Å². The van der Waals surface area contributed by atoms with Gasteiger partial charge in [-0.2, -0.15) is 0 Å². The van der Waals surface area contributed by atoms with Gasteiger partial charge in [-0.15, -0.1) is 0 Å². The third kappa shape index (κ3) is 3.84. The second-order valence-corrected chi connectivity index (χ2v) is 11.0. The lowest BCUT2D eigenvalue weighted by atomic mass is 9.57. The maximum Gasteiger partial charge on any atom is 0.255 e. The van der Waals surface area contributed by atoms with E-state index in [4.69, 9.17) is 5.73 Å². The first-order chi connectivity index (χ1) is 18.0. The molecule has 1 aromatic rings. The van der Waals surface area contributed by atoms with E-state index in [0.717, 1.165) is 31.5 Å². The smallest absolute Gasteiger partial charge is 0.255 e. The molecule has 1 saturated heterocycles. The Bertz CT molecular complexity index is 1280. The number of ketones is 2. The zero-order valence-electron chi connectivity index (χ0n) is 21.5. The average Bonchev–Trinajstić information content (AvgIpc) is 2.86. The van der Waals surface area contributed by atoms with E-state index >= 15 is 0 Å². The van der Waals surface area contributed by atoms with Crippen LogP contribution in [0.25, 0.3) is 5.76 Å². The summed E-state index contributed by atoms with van der Waals surface area (Å²) in [6.07, 6.45) is 2.32. The lowest BCUT2D eigenvalue weighted by Gasteiger charge is -2.50. The zero-order valence-corrected chi connectivity index (χ0v) is 21.5. The van der Waals surface area contributed by atoms with E-state index in [1.165, 1.54) is 11.0 Å². The van der Waals surface area contributed by atoms with E-state index in [2.05, 4.69) is 10.6 Å². The van der Waals surface area contributed by atoms with Crippen LogP contribution >= 0.6 is 0 Å². The molecule has 8 N–H and O–H groups in total. The number of phenols is 1. The summed E-state index contributed by atoms with van der Waals surface area (Å²) >= 11 is 0. The molecule has 204 valence electrons. The van der Waals surface area contributed by atoms with Crippen molar-refractivity contribution in [2.24, 2.45) is 17.6 Å². The van der Waals surface area contributed by atoms with Crippen molar-refractivity contribution in [2.75, 3.05) is 27.2 Å². The number of aliphatic hydroxyl groups excluding tert-OH is 2. The second kappa shape index (κ2) is 9.49. The molecule has 1 aliphatic heterocycles. The molecule has 1 saturated carbocycles. The van der Waals surface area contributed by atoms with Gasteiger partial charge in [0.25, 0.3) is 5.91 Å². The number of nitrogens with zero attached hydrogens (tertiary/aromatic N) is 1. The summed E-state index contributed by atoms with van der Waals surface area (Å²) in [6, 6.07) is 2.49. The van der Waals surface area contributed by atoms with Crippen molar-refractivity contribution in [3.05, 3.63) is 45.7 Å². The quantitative estimate of drug-likeness (QED) is 0.254. The van der Waals surface area contributed by atoms with Gasteiger partial charge in [-0.25, -0.2) is 0 Å². The Kier molecular flexibility index (Phi) is 6.59. The monoisotopic (exact) mass is 526 g/mol. The van der Waals surface area contributed by atoms with E-state index in [1.54, 1.807) is 20.2 Å². The van der Waals surface area contributed by atoms with E-state index in [9.17, 15) is 34.8 Å². The first kappa shape index (κ1) is 26.4. The van der Waals surface area contributed by atoms with E-state index in [-0.39, 0.29) is 29.7 Å². The predicted molar refractivity (Wildman–Crippen MR) is 137 cm³/mol. The number of Topliss-reactive ketones (excluding diaryl/α,β-unsaturated/α-hetero) is 2. The van der Waals surface area contributed by atoms with Crippen LogP contribution in [-0.4, -0.2) is 87.7 Å². The number of fused-ring (bicyclic) bond motifs is 3. The van der Waals surface area contributed by atoms with E-state index in [0.29, 0.717) is 18.2 Å². The van der Waals surface area contributed by atoms with Crippen molar-refractivity contribution in [3.8, 4) is 5.75 Å². The van der Waals surface area contributed by atoms with Crippen molar-refractivity contribution in [1.29, 1.82) is 0 Å². The molecular formula is C27H34N4O7. The molecule has 2 fully saturated rings. The maximum absolute atomic E-state index is 13.9. The molecule has 4 atom stereocenters. The van der Waals surface area contributed by atoms with Crippen LogP contribution in [0.4, 0.5) is 0 Å². The Morgan fingerprint density at radius 1 is 1.18 bits per heavy atom. The molecule has 5 rings (SSSR count). The third-order valence-corrected chi connectivity index (χ3v) is 8.62. The Labute approximate surface area is 220 Å². The number of nitrogens with one attached hydrogen (secondary N) is 2. The largest absolute Gasteiger partial charge is 0.508 e. The number of hydrogen-bond donors (Lipinski definition) is 7. The number of hydrogen-bond acceptors (Lipinski definition) is 10. The van der Waals surface area contributed by atoms with Gasteiger partial charge in [-0.1, -0.05) is 6.07 Å². The highest BCUT2D eigenvalue weighted by Crippen LogP contribution is 2.52. The number of carbonyl (C=O) groups is 3. The number of phenolic OH excluding ortho intramolecular Hbond substituents is 1. The number of benzene rings is 1. The van der Waals surface area contributed by atoms with Crippen molar-refractivity contribution >= 4 is 23.2 Å². The molecule has 0 radical (unpaired) electrons. The van der Waals surface area contributed by atoms with Gasteiger partial charge in [0.05, 0.1) is 11.6 Å². The number of rotatable bonds is 5. The van der Waals surface area contributed by atoms with Gasteiger partial charge in [-0.05, 0) is 76.0 Å². The summed E-state index contributed by atoms with van der Waals surface area (Å²) in [4.78, 5) is 40.6. The minimum absolute atomic E-state index is 0.0720. The first-order valence-corrected chi connectivity index (χ1v) is 12.9. The highest BCUT2D eigenvalue weighted by molar-refractivity contribution is 6.24. The van der Waals surface area contributed by atoms with Gasteiger partial charge >= 0.3 is 0 Å². The average molecular weight is 527 g/mol. The fourth-order valence-corrected chi connectivity index (χ4v) is 6.75.